The Morgan fingerprint density at radius 1 is 1.21 bits per heavy atom. The highest BCUT2D eigenvalue weighted by molar-refractivity contribution is 5.86. The molecule has 0 spiro atoms. The van der Waals surface area contributed by atoms with E-state index in [9.17, 15) is 9.59 Å². The highest BCUT2D eigenvalue weighted by atomic mass is 16.6. The molecule has 0 aliphatic carbocycles. The van der Waals surface area contributed by atoms with Crippen molar-refractivity contribution in [1.29, 1.82) is 0 Å². The molecule has 24 heavy (non-hydrogen) atoms. The number of carbonyl (C=O) groups is 2. The van der Waals surface area contributed by atoms with Gasteiger partial charge in [0, 0.05) is 25.2 Å². The Morgan fingerprint density at radius 2 is 1.92 bits per heavy atom. The summed E-state index contributed by atoms with van der Waals surface area (Å²) in [5.41, 5.74) is -0.611. The molecule has 0 bridgehead atoms. The van der Waals surface area contributed by atoms with Crippen molar-refractivity contribution in [3.05, 3.63) is 18.3 Å². The first-order chi connectivity index (χ1) is 11.3. The van der Waals surface area contributed by atoms with E-state index in [1.165, 1.54) is 12.0 Å². The van der Waals surface area contributed by atoms with Crippen molar-refractivity contribution in [2.75, 3.05) is 25.7 Å². The van der Waals surface area contributed by atoms with Gasteiger partial charge in [-0.05, 0) is 39.7 Å². The van der Waals surface area contributed by atoms with Gasteiger partial charge in [-0.3, -0.25) is 9.69 Å². The second-order valence-electron chi connectivity index (χ2n) is 6.22. The highest BCUT2D eigenvalue weighted by Crippen LogP contribution is 2.21. The van der Waals surface area contributed by atoms with E-state index in [1.54, 1.807) is 46.2 Å². The Bertz CT molecular complexity index is 554. The van der Waals surface area contributed by atoms with Crippen LogP contribution in [0.1, 0.15) is 40.0 Å². The number of nitrogens with zero attached hydrogens (tertiary/aromatic N) is 2. The summed E-state index contributed by atoms with van der Waals surface area (Å²) in [7, 11) is 2.91. The Hall–Kier alpha value is -2.31. The molecule has 0 fully saturated rings. The molecule has 1 heterocycles. The van der Waals surface area contributed by atoms with Crippen molar-refractivity contribution in [3.63, 3.8) is 0 Å². The molecule has 0 atom stereocenters. The molecule has 1 rings (SSSR count). The smallest absolute Gasteiger partial charge is 0.416 e. The van der Waals surface area contributed by atoms with Crippen molar-refractivity contribution < 1.29 is 23.8 Å². The molecule has 0 radical (unpaired) electrons. The molecule has 0 saturated heterocycles. The third-order valence-electron chi connectivity index (χ3n) is 3.08. The maximum absolute atomic E-state index is 12.5. The minimum absolute atomic E-state index is 0.265. The van der Waals surface area contributed by atoms with Gasteiger partial charge in [0.05, 0.1) is 14.2 Å². The average molecular weight is 338 g/mol. The van der Waals surface area contributed by atoms with Crippen LogP contribution < -0.4 is 9.64 Å². The van der Waals surface area contributed by atoms with Gasteiger partial charge in [-0.1, -0.05) is 0 Å². The lowest BCUT2D eigenvalue weighted by atomic mass is 10.2. The number of anilines is 1. The number of methoxy groups -OCH3 is 2. The number of aromatic nitrogens is 1. The molecular weight excluding hydrogens is 312 g/mol. The number of carbonyl (C=O) groups excluding carboxylic acids is 2. The van der Waals surface area contributed by atoms with Gasteiger partial charge in [0.2, 0.25) is 0 Å². The van der Waals surface area contributed by atoms with Gasteiger partial charge in [-0.2, -0.15) is 0 Å². The van der Waals surface area contributed by atoms with Crippen LogP contribution in [0.15, 0.2) is 18.3 Å². The fraction of sp³-hybridized carbons (Fsp3) is 0.588. The van der Waals surface area contributed by atoms with Crippen LogP contribution in [0.5, 0.6) is 5.75 Å². The summed E-state index contributed by atoms with van der Waals surface area (Å²) in [5, 5.41) is 0. The van der Waals surface area contributed by atoms with E-state index in [0.29, 0.717) is 37.4 Å². The molecule has 1 aromatic heterocycles. The third-order valence-corrected chi connectivity index (χ3v) is 3.08. The van der Waals surface area contributed by atoms with Crippen LogP contribution in [0, 0.1) is 0 Å². The van der Waals surface area contributed by atoms with Gasteiger partial charge < -0.3 is 14.2 Å². The number of esters is 1. The van der Waals surface area contributed by atoms with Crippen molar-refractivity contribution in [1.82, 2.24) is 4.98 Å². The number of unbranched alkanes of at least 4 members (excludes halogenated alkanes) is 1. The van der Waals surface area contributed by atoms with Gasteiger partial charge >= 0.3 is 12.1 Å². The summed E-state index contributed by atoms with van der Waals surface area (Å²) in [4.78, 5) is 29.3. The topological polar surface area (TPSA) is 78.0 Å². The number of hydrogen-bond donors (Lipinski definition) is 0. The minimum Gasteiger partial charge on any atom is -0.497 e. The number of amides is 1. The SMILES string of the molecule is COC(=O)CCCCN(C(=O)OC(C)(C)C)c1cc(OC)ccn1. The molecule has 7 nitrogen and oxygen atoms in total. The van der Waals surface area contributed by atoms with Crippen molar-refractivity contribution in [3.8, 4) is 5.75 Å². The van der Waals surface area contributed by atoms with Crippen LogP contribution in [0.3, 0.4) is 0 Å². The van der Waals surface area contributed by atoms with Crippen molar-refractivity contribution in [2.45, 2.75) is 45.6 Å². The van der Waals surface area contributed by atoms with Crippen LogP contribution in [0.2, 0.25) is 0 Å². The summed E-state index contributed by atoms with van der Waals surface area (Å²) in [6.07, 6.45) is 2.62. The molecule has 7 heteroatoms. The molecule has 0 aromatic carbocycles. The van der Waals surface area contributed by atoms with E-state index in [0.717, 1.165) is 0 Å². The summed E-state index contributed by atoms with van der Waals surface area (Å²) in [5.74, 6) is 0.781. The molecule has 0 N–H and O–H groups in total. The largest absolute Gasteiger partial charge is 0.497 e. The predicted octanol–water partition coefficient (Wildman–Crippen LogP) is 3.18. The first-order valence-electron chi connectivity index (χ1n) is 7.84. The molecule has 0 unspecified atom stereocenters. The van der Waals surface area contributed by atoms with E-state index in [4.69, 9.17) is 9.47 Å². The lowest BCUT2D eigenvalue weighted by Gasteiger charge is -2.27. The van der Waals surface area contributed by atoms with Gasteiger partial charge in [-0.25, -0.2) is 9.78 Å². The zero-order valence-electron chi connectivity index (χ0n) is 15.0. The number of rotatable bonds is 7. The third kappa shape index (κ3) is 6.85. The van der Waals surface area contributed by atoms with Crippen molar-refractivity contribution in [2.24, 2.45) is 0 Å². The number of pyridine rings is 1. The molecule has 1 amide bonds. The zero-order valence-corrected chi connectivity index (χ0v) is 15.0. The average Bonchev–Trinajstić information content (AvgIpc) is 2.52. The van der Waals surface area contributed by atoms with E-state index < -0.39 is 11.7 Å². The molecule has 0 saturated carbocycles. The molecular formula is C17H26N2O5. The zero-order chi connectivity index (χ0) is 18.2. The van der Waals surface area contributed by atoms with Crippen LogP contribution in [-0.2, 0) is 14.3 Å². The first-order valence-corrected chi connectivity index (χ1v) is 7.84. The summed E-state index contributed by atoms with van der Waals surface area (Å²) >= 11 is 0. The molecule has 1 aromatic rings. The number of ether oxygens (including phenoxy) is 3. The highest BCUT2D eigenvalue weighted by Gasteiger charge is 2.24. The second kappa shape index (κ2) is 9.10. The predicted molar refractivity (Wildman–Crippen MR) is 90.2 cm³/mol. The van der Waals surface area contributed by atoms with E-state index >= 15 is 0 Å². The lowest BCUT2D eigenvalue weighted by molar-refractivity contribution is -0.140. The quantitative estimate of drug-likeness (QED) is 0.561. The summed E-state index contributed by atoms with van der Waals surface area (Å²) in [6, 6.07) is 3.37. The minimum atomic E-state index is -0.611. The molecule has 134 valence electrons. The van der Waals surface area contributed by atoms with Crippen LogP contribution in [0.25, 0.3) is 0 Å². The standard InChI is InChI=1S/C17H26N2O5/c1-17(2,3)24-16(21)19(11-7-6-8-15(20)23-5)14-12-13(22-4)9-10-18-14/h9-10,12H,6-8,11H2,1-5H3. The fourth-order valence-electron chi connectivity index (χ4n) is 1.93. The maximum atomic E-state index is 12.5. The molecule has 0 aliphatic rings. The van der Waals surface area contributed by atoms with Crippen molar-refractivity contribution >= 4 is 17.9 Å². The first kappa shape index (κ1) is 19.7. The number of hydrogen-bond acceptors (Lipinski definition) is 6. The Kier molecular flexibility index (Phi) is 7.48. The van der Waals surface area contributed by atoms with Crippen LogP contribution in [0.4, 0.5) is 10.6 Å². The van der Waals surface area contributed by atoms with E-state index in [1.807, 2.05) is 0 Å². The second-order valence-corrected chi connectivity index (χ2v) is 6.22. The van der Waals surface area contributed by atoms with Gasteiger partial charge in [0.15, 0.2) is 0 Å². The Morgan fingerprint density at radius 3 is 2.50 bits per heavy atom. The van der Waals surface area contributed by atoms with Gasteiger partial charge in [0.1, 0.15) is 17.2 Å². The summed E-state index contributed by atoms with van der Waals surface area (Å²) < 4.78 is 15.2. The van der Waals surface area contributed by atoms with Gasteiger partial charge in [-0.15, -0.1) is 0 Å². The van der Waals surface area contributed by atoms with E-state index in [2.05, 4.69) is 9.72 Å². The summed E-state index contributed by atoms with van der Waals surface area (Å²) in [6.45, 7) is 5.80. The Labute approximate surface area is 142 Å². The van der Waals surface area contributed by atoms with Crippen LogP contribution in [-0.4, -0.2) is 43.4 Å². The van der Waals surface area contributed by atoms with Crippen LogP contribution >= 0.6 is 0 Å². The molecule has 0 aliphatic heterocycles. The maximum Gasteiger partial charge on any atom is 0.416 e. The lowest BCUT2D eigenvalue weighted by Crippen LogP contribution is -2.38. The Balaban J connectivity index is 2.82. The van der Waals surface area contributed by atoms with E-state index in [-0.39, 0.29) is 5.97 Å². The monoisotopic (exact) mass is 338 g/mol. The fourth-order valence-corrected chi connectivity index (χ4v) is 1.93. The normalized spacial score (nSPS) is 10.9. The van der Waals surface area contributed by atoms with Gasteiger partial charge in [0.25, 0.3) is 0 Å².